The van der Waals surface area contributed by atoms with Crippen molar-refractivity contribution < 1.29 is 13.2 Å². The van der Waals surface area contributed by atoms with Gasteiger partial charge < -0.3 is 10.2 Å². The van der Waals surface area contributed by atoms with Crippen LogP contribution in [0.1, 0.15) is 29.6 Å². The Morgan fingerprint density at radius 2 is 1.64 bits per heavy atom. The molecule has 0 atom stereocenters. The fraction of sp³-hybridized carbons (Fsp3) is 0.286. The molecule has 2 aromatic rings. The lowest BCUT2D eigenvalue weighted by Crippen LogP contribution is -2.29. The first-order valence-electron chi connectivity index (χ1n) is 9.19. The molecule has 6 nitrogen and oxygen atoms in total. The Morgan fingerprint density at radius 3 is 2.25 bits per heavy atom. The maximum Gasteiger partial charge on any atom is 0.255 e. The smallest absolute Gasteiger partial charge is 0.255 e. The first-order valence-corrected chi connectivity index (χ1v) is 10.7. The molecule has 3 rings (SSSR count). The van der Waals surface area contributed by atoms with Gasteiger partial charge in [-0.15, -0.1) is 6.42 Å². The molecule has 0 spiro atoms. The molecule has 1 aliphatic rings. The van der Waals surface area contributed by atoms with Crippen molar-refractivity contribution in [3.63, 3.8) is 0 Å². The van der Waals surface area contributed by atoms with Crippen molar-refractivity contribution in [2.24, 2.45) is 0 Å². The van der Waals surface area contributed by atoms with Gasteiger partial charge >= 0.3 is 0 Å². The van der Waals surface area contributed by atoms with Gasteiger partial charge in [0.15, 0.2) is 0 Å². The number of terminal acetylenes is 1. The summed E-state index contributed by atoms with van der Waals surface area (Å²) in [6, 6.07) is 13.5. The molecule has 0 unspecified atom stereocenters. The highest BCUT2D eigenvalue weighted by molar-refractivity contribution is 7.89. The number of amides is 1. The van der Waals surface area contributed by atoms with E-state index in [-0.39, 0.29) is 17.3 Å². The van der Waals surface area contributed by atoms with Crippen LogP contribution in [0.2, 0.25) is 0 Å². The molecule has 7 heteroatoms. The van der Waals surface area contributed by atoms with Crippen LogP contribution in [0, 0.1) is 12.3 Å². The van der Waals surface area contributed by atoms with Gasteiger partial charge in [0.25, 0.3) is 5.91 Å². The first kappa shape index (κ1) is 19.9. The van der Waals surface area contributed by atoms with E-state index >= 15 is 0 Å². The zero-order valence-corrected chi connectivity index (χ0v) is 16.3. The molecule has 1 heterocycles. The molecule has 2 aromatic carbocycles. The van der Waals surface area contributed by atoms with Crippen LogP contribution in [0.5, 0.6) is 0 Å². The normalized spacial score (nSPS) is 14.3. The highest BCUT2D eigenvalue weighted by atomic mass is 32.2. The molecular weight excluding hydrogens is 374 g/mol. The predicted octanol–water partition coefficient (Wildman–Crippen LogP) is 2.84. The van der Waals surface area contributed by atoms with E-state index in [4.69, 9.17) is 6.42 Å². The second-order valence-electron chi connectivity index (χ2n) is 6.60. The summed E-state index contributed by atoms with van der Waals surface area (Å²) in [6.45, 7) is 2.05. The number of piperidine rings is 1. The van der Waals surface area contributed by atoms with Gasteiger partial charge in [-0.1, -0.05) is 5.92 Å². The zero-order chi connectivity index (χ0) is 20.0. The third kappa shape index (κ3) is 4.91. The van der Waals surface area contributed by atoms with E-state index in [9.17, 15) is 13.2 Å². The topological polar surface area (TPSA) is 78.5 Å². The quantitative estimate of drug-likeness (QED) is 0.735. The van der Waals surface area contributed by atoms with E-state index in [2.05, 4.69) is 20.9 Å². The summed E-state index contributed by atoms with van der Waals surface area (Å²) in [5.41, 5.74) is 2.22. The molecule has 2 N–H and O–H groups in total. The van der Waals surface area contributed by atoms with E-state index in [0.29, 0.717) is 11.3 Å². The molecular formula is C21H23N3O3S. The Hall–Kier alpha value is -2.82. The third-order valence-electron chi connectivity index (χ3n) is 4.64. The maximum absolute atomic E-state index is 12.4. The van der Waals surface area contributed by atoms with Gasteiger partial charge in [-0.25, -0.2) is 8.42 Å². The fourth-order valence-corrected chi connectivity index (χ4v) is 4.05. The van der Waals surface area contributed by atoms with Crippen molar-refractivity contribution in [3.05, 3.63) is 54.1 Å². The van der Waals surface area contributed by atoms with Crippen LogP contribution < -0.4 is 14.9 Å². The lowest BCUT2D eigenvalue weighted by atomic mass is 10.1. The minimum absolute atomic E-state index is 0.0604. The van der Waals surface area contributed by atoms with Crippen molar-refractivity contribution in [1.82, 2.24) is 4.72 Å². The lowest BCUT2D eigenvalue weighted by molar-refractivity contribution is 0.102. The molecule has 0 aromatic heterocycles. The molecule has 0 bridgehead atoms. The van der Waals surface area contributed by atoms with Crippen LogP contribution in [-0.2, 0) is 10.0 Å². The number of hydrogen-bond donors (Lipinski definition) is 2. The minimum atomic E-state index is -3.67. The summed E-state index contributed by atoms with van der Waals surface area (Å²) in [5, 5.41) is 2.83. The first-order chi connectivity index (χ1) is 13.5. The van der Waals surface area contributed by atoms with Gasteiger partial charge in [0.05, 0.1) is 11.4 Å². The number of hydrogen-bond acceptors (Lipinski definition) is 4. The Balaban J connectivity index is 1.63. The van der Waals surface area contributed by atoms with Crippen molar-refractivity contribution in [3.8, 4) is 12.3 Å². The number of nitrogens with one attached hydrogen (secondary N) is 2. The van der Waals surface area contributed by atoms with E-state index in [1.165, 1.54) is 43.5 Å². The molecule has 28 heavy (non-hydrogen) atoms. The van der Waals surface area contributed by atoms with Crippen molar-refractivity contribution in [1.29, 1.82) is 0 Å². The van der Waals surface area contributed by atoms with Crippen LogP contribution in [0.15, 0.2) is 53.4 Å². The Labute approximate surface area is 166 Å². The molecule has 0 aliphatic carbocycles. The number of carbonyl (C=O) groups excluding carboxylic acids is 1. The van der Waals surface area contributed by atoms with Crippen molar-refractivity contribution in [2.45, 2.75) is 24.2 Å². The predicted molar refractivity (Wildman–Crippen MR) is 111 cm³/mol. The lowest BCUT2D eigenvalue weighted by Gasteiger charge is -2.28. The second kappa shape index (κ2) is 8.91. The third-order valence-corrected chi connectivity index (χ3v) is 6.05. The Kier molecular flexibility index (Phi) is 6.34. The number of rotatable bonds is 6. The van der Waals surface area contributed by atoms with Crippen LogP contribution in [0.25, 0.3) is 0 Å². The number of sulfonamides is 1. The van der Waals surface area contributed by atoms with Gasteiger partial charge in [0.2, 0.25) is 10.0 Å². The molecule has 1 saturated heterocycles. The SMILES string of the molecule is C#CCNS(=O)(=O)c1ccc(C(=O)Nc2ccc(N3CCCCC3)cc2)cc1. The molecule has 0 radical (unpaired) electrons. The molecule has 1 fully saturated rings. The summed E-state index contributed by atoms with van der Waals surface area (Å²) >= 11 is 0. The van der Waals surface area contributed by atoms with Gasteiger partial charge in [-0.2, -0.15) is 4.72 Å². The Bertz CT molecular complexity index is 955. The Morgan fingerprint density at radius 1 is 1.00 bits per heavy atom. The zero-order valence-electron chi connectivity index (χ0n) is 15.5. The number of benzene rings is 2. The fourth-order valence-electron chi connectivity index (χ4n) is 3.12. The summed E-state index contributed by atoms with van der Waals surface area (Å²) in [7, 11) is -3.67. The standard InChI is InChI=1S/C21H23N3O3S/c1-2-14-22-28(26,27)20-12-6-17(7-13-20)21(25)23-18-8-10-19(11-9-18)24-15-4-3-5-16-24/h1,6-13,22H,3-5,14-16H2,(H,23,25). The summed E-state index contributed by atoms with van der Waals surface area (Å²) < 4.78 is 26.3. The molecule has 146 valence electrons. The van der Waals surface area contributed by atoms with Crippen LogP contribution in [0.4, 0.5) is 11.4 Å². The molecule has 1 amide bonds. The van der Waals surface area contributed by atoms with Crippen LogP contribution in [0.3, 0.4) is 0 Å². The van der Waals surface area contributed by atoms with E-state index < -0.39 is 10.0 Å². The van der Waals surface area contributed by atoms with Gasteiger partial charge in [-0.05, 0) is 67.8 Å². The largest absolute Gasteiger partial charge is 0.372 e. The number of carbonyl (C=O) groups is 1. The summed E-state index contributed by atoms with van der Waals surface area (Å²) in [4.78, 5) is 14.8. The van der Waals surface area contributed by atoms with Gasteiger partial charge in [-0.3, -0.25) is 4.79 Å². The highest BCUT2D eigenvalue weighted by Gasteiger charge is 2.15. The average Bonchev–Trinajstić information content (AvgIpc) is 2.73. The van der Waals surface area contributed by atoms with E-state index in [1.807, 2.05) is 24.3 Å². The number of nitrogens with zero attached hydrogens (tertiary/aromatic N) is 1. The maximum atomic E-state index is 12.4. The summed E-state index contributed by atoms with van der Waals surface area (Å²) in [6.07, 6.45) is 8.77. The summed E-state index contributed by atoms with van der Waals surface area (Å²) in [5.74, 6) is 1.92. The van der Waals surface area contributed by atoms with Gasteiger partial charge in [0, 0.05) is 30.0 Å². The van der Waals surface area contributed by atoms with Gasteiger partial charge in [0.1, 0.15) is 0 Å². The van der Waals surface area contributed by atoms with Crippen molar-refractivity contribution in [2.75, 3.05) is 29.9 Å². The average molecular weight is 398 g/mol. The van der Waals surface area contributed by atoms with E-state index in [1.54, 1.807) is 0 Å². The second-order valence-corrected chi connectivity index (χ2v) is 8.37. The minimum Gasteiger partial charge on any atom is -0.372 e. The van der Waals surface area contributed by atoms with Crippen LogP contribution in [-0.4, -0.2) is 34.0 Å². The van der Waals surface area contributed by atoms with Crippen molar-refractivity contribution >= 4 is 27.3 Å². The highest BCUT2D eigenvalue weighted by Crippen LogP contribution is 2.22. The van der Waals surface area contributed by atoms with E-state index in [0.717, 1.165) is 18.8 Å². The molecule has 1 aliphatic heterocycles. The molecule has 0 saturated carbocycles. The van der Waals surface area contributed by atoms with Crippen LogP contribution >= 0.6 is 0 Å². The monoisotopic (exact) mass is 397 g/mol. The number of anilines is 2.